The van der Waals surface area contributed by atoms with E-state index in [-0.39, 0.29) is 24.2 Å². The van der Waals surface area contributed by atoms with Crippen LogP contribution in [-0.2, 0) is 17.8 Å². The molecule has 2 atom stereocenters. The number of halogens is 1. The van der Waals surface area contributed by atoms with Crippen molar-refractivity contribution < 1.29 is 28.6 Å². The van der Waals surface area contributed by atoms with Gasteiger partial charge in [-0.3, -0.25) is 0 Å². The molecule has 1 aliphatic heterocycles. The molecule has 200 valence electrons. The van der Waals surface area contributed by atoms with Crippen LogP contribution in [-0.4, -0.2) is 58.7 Å². The molecular weight excluding hydrogens is 487 g/mol. The molecule has 4 rings (SSSR count). The molecule has 1 aliphatic rings. The molecule has 1 N–H and O–H groups in total. The number of urea groups is 1. The van der Waals surface area contributed by atoms with Gasteiger partial charge in [0.25, 0.3) is 0 Å². The smallest absolute Gasteiger partial charge is 0.348 e. The van der Waals surface area contributed by atoms with Crippen molar-refractivity contribution in [3.05, 3.63) is 95.3 Å². The van der Waals surface area contributed by atoms with Crippen molar-refractivity contribution in [3.8, 4) is 11.5 Å². The van der Waals surface area contributed by atoms with Gasteiger partial charge in [0.15, 0.2) is 11.6 Å². The van der Waals surface area contributed by atoms with Crippen LogP contribution < -0.4 is 9.47 Å². The Bertz CT molecular complexity index is 1260. The molecule has 8 heteroatoms. The summed E-state index contributed by atoms with van der Waals surface area (Å²) in [5.74, 6) is -1.27. The number of likely N-dealkylation sites (N-methyl/N-ethyl adjacent to an activating group) is 1. The zero-order valence-corrected chi connectivity index (χ0v) is 21.9. The van der Waals surface area contributed by atoms with E-state index in [0.717, 1.165) is 5.56 Å². The second-order valence-electron chi connectivity index (χ2n) is 9.94. The molecular formula is C30H33FN2O5. The Morgan fingerprint density at radius 2 is 1.71 bits per heavy atom. The van der Waals surface area contributed by atoms with E-state index < -0.39 is 17.4 Å². The Morgan fingerprint density at radius 3 is 2.37 bits per heavy atom. The van der Waals surface area contributed by atoms with Crippen molar-refractivity contribution in [3.63, 3.8) is 0 Å². The van der Waals surface area contributed by atoms with Crippen molar-refractivity contribution in [1.29, 1.82) is 0 Å². The molecule has 2 unspecified atom stereocenters. The summed E-state index contributed by atoms with van der Waals surface area (Å²) in [5.41, 5.74) is 1.36. The number of carboxylic acid groups (broad SMARTS) is 1. The van der Waals surface area contributed by atoms with Crippen LogP contribution in [0.4, 0.5) is 9.18 Å². The monoisotopic (exact) mass is 520 g/mol. The number of ether oxygens (including phenoxy) is 2. The van der Waals surface area contributed by atoms with Crippen molar-refractivity contribution in [2.75, 3.05) is 20.2 Å². The Morgan fingerprint density at radius 1 is 1.05 bits per heavy atom. The van der Waals surface area contributed by atoms with Crippen LogP contribution in [0, 0.1) is 12.7 Å². The molecule has 0 bridgehead atoms. The summed E-state index contributed by atoms with van der Waals surface area (Å²) in [5, 5.41) is 9.77. The number of hydrogen-bond donors (Lipinski definition) is 1. The average Bonchev–Trinajstić information content (AvgIpc) is 3.15. The number of carbonyl (C=O) groups is 2. The molecule has 0 saturated carbocycles. The summed E-state index contributed by atoms with van der Waals surface area (Å²) in [4.78, 5) is 28.3. The van der Waals surface area contributed by atoms with Crippen molar-refractivity contribution >= 4 is 12.0 Å². The van der Waals surface area contributed by atoms with Gasteiger partial charge in [0, 0.05) is 33.0 Å². The van der Waals surface area contributed by atoms with Gasteiger partial charge in [-0.2, -0.15) is 0 Å². The van der Waals surface area contributed by atoms with E-state index in [0.29, 0.717) is 37.4 Å². The Labute approximate surface area is 222 Å². The molecule has 38 heavy (non-hydrogen) atoms. The number of amides is 2. The largest absolute Gasteiger partial charge is 0.494 e. The van der Waals surface area contributed by atoms with Crippen molar-refractivity contribution in [2.24, 2.45) is 0 Å². The zero-order valence-electron chi connectivity index (χ0n) is 21.9. The molecule has 2 amide bonds. The predicted molar refractivity (Wildman–Crippen MR) is 142 cm³/mol. The Balaban J connectivity index is 1.29. The molecule has 1 saturated heterocycles. The number of carboxylic acids is 1. The first-order valence-electron chi connectivity index (χ1n) is 12.6. The quantitative estimate of drug-likeness (QED) is 0.371. The van der Waals surface area contributed by atoms with Gasteiger partial charge in [-0.05, 0) is 49.2 Å². The fraction of sp³-hybridized carbons (Fsp3) is 0.333. The fourth-order valence-electron chi connectivity index (χ4n) is 4.50. The van der Waals surface area contributed by atoms with E-state index in [2.05, 4.69) is 12.1 Å². The summed E-state index contributed by atoms with van der Waals surface area (Å²) in [7, 11) is 1.82. The number of hydrogen-bond acceptors (Lipinski definition) is 4. The summed E-state index contributed by atoms with van der Waals surface area (Å²) in [6, 6.07) is 21.1. The van der Waals surface area contributed by atoms with E-state index in [1.165, 1.54) is 30.7 Å². The number of para-hydroxylation sites is 1. The summed E-state index contributed by atoms with van der Waals surface area (Å²) in [6.45, 7) is 5.12. The lowest BCUT2D eigenvalue weighted by Gasteiger charge is -2.26. The summed E-state index contributed by atoms with van der Waals surface area (Å²) >= 11 is 0. The molecule has 0 radical (unpaired) electrons. The highest BCUT2D eigenvalue weighted by molar-refractivity contribution is 5.78. The summed E-state index contributed by atoms with van der Waals surface area (Å²) < 4.78 is 25.5. The first-order chi connectivity index (χ1) is 18.1. The average molecular weight is 521 g/mol. The third-order valence-electron chi connectivity index (χ3n) is 6.85. The van der Waals surface area contributed by atoms with Crippen LogP contribution in [0.15, 0.2) is 72.8 Å². The normalized spacial score (nSPS) is 16.8. The fourth-order valence-corrected chi connectivity index (χ4v) is 4.50. The van der Waals surface area contributed by atoms with Crippen LogP contribution in [0.3, 0.4) is 0 Å². The lowest BCUT2D eigenvalue weighted by molar-refractivity contribution is -0.153. The second kappa shape index (κ2) is 11.5. The van der Waals surface area contributed by atoms with Crippen LogP contribution >= 0.6 is 0 Å². The van der Waals surface area contributed by atoms with E-state index >= 15 is 0 Å². The lowest BCUT2D eigenvalue weighted by Crippen LogP contribution is -2.43. The number of nitrogens with zero attached hydrogens (tertiary/aromatic N) is 2. The van der Waals surface area contributed by atoms with Gasteiger partial charge in [-0.1, -0.05) is 54.1 Å². The lowest BCUT2D eigenvalue weighted by atomic mass is 9.96. The first-order valence-corrected chi connectivity index (χ1v) is 12.6. The highest BCUT2D eigenvalue weighted by atomic mass is 19.1. The molecule has 7 nitrogen and oxygen atoms in total. The van der Waals surface area contributed by atoms with Gasteiger partial charge in [-0.25, -0.2) is 14.0 Å². The van der Waals surface area contributed by atoms with Crippen LogP contribution in [0.2, 0.25) is 0 Å². The van der Waals surface area contributed by atoms with E-state index in [9.17, 15) is 19.1 Å². The minimum absolute atomic E-state index is 0.0130. The van der Waals surface area contributed by atoms with E-state index in [1.807, 2.05) is 31.0 Å². The minimum Gasteiger partial charge on any atom is -0.494 e. The predicted octanol–water partition coefficient (Wildman–Crippen LogP) is 5.30. The molecule has 0 aromatic heterocycles. The van der Waals surface area contributed by atoms with Gasteiger partial charge in [0.1, 0.15) is 5.75 Å². The maximum atomic E-state index is 14.0. The highest BCUT2D eigenvalue weighted by Gasteiger charge is 2.37. The maximum absolute atomic E-state index is 14.0. The van der Waals surface area contributed by atoms with Gasteiger partial charge >= 0.3 is 12.0 Å². The molecule has 0 aliphatic carbocycles. The molecule has 3 aromatic carbocycles. The molecule has 1 fully saturated rings. The van der Waals surface area contributed by atoms with Crippen LogP contribution in [0.5, 0.6) is 11.5 Å². The first kappa shape index (κ1) is 27.0. The zero-order chi connectivity index (χ0) is 27.3. The second-order valence-corrected chi connectivity index (χ2v) is 9.94. The number of aryl methyl sites for hydroxylation is 1. The Kier molecular flexibility index (Phi) is 8.20. The summed E-state index contributed by atoms with van der Waals surface area (Å²) in [6.07, 6.45) is 0.727. The van der Waals surface area contributed by atoms with E-state index in [1.54, 1.807) is 35.2 Å². The minimum atomic E-state index is -1.64. The third-order valence-corrected chi connectivity index (χ3v) is 6.85. The van der Waals surface area contributed by atoms with E-state index in [4.69, 9.17) is 9.47 Å². The van der Waals surface area contributed by atoms with Gasteiger partial charge in [0.05, 0.1) is 12.6 Å². The molecule has 0 spiro atoms. The number of aliphatic carboxylic acids is 1. The number of carbonyl (C=O) groups excluding carboxylic acids is 1. The van der Waals surface area contributed by atoms with Crippen molar-refractivity contribution in [2.45, 2.75) is 44.9 Å². The number of rotatable bonds is 11. The van der Waals surface area contributed by atoms with Gasteiger partial charge in [0.2, 0.25) is 5.60 Å². The highest BCUT2D eigenvalue weighted by Crippen LogP contribution is 2.26. The van der Waals surface area contributed by atoms with Crippen molar-refractivity contribution in [1.82, 2.24) is 9.80 Å². The topological polar surface area (TPSA) is 79.3 Å². The number of benzene rings is 3. The maximum Gasteiger partial charge on any atom is 0.348 e. The SMILES string of the molecule is Cc1ccc(CN2CC(CCOc3ccc(CC(C)(Oc4ccccc4F)C(=O)O)cc3)N(C)C2=O)cc1. The third kappa shape index (κ3) is 6.43. The van der Waals surface area contributed by atoms with Crippen LogP contribution in [0.25, 0.3) is 0 Å². The molecule has 1 heterocycles. The standard InChI is InChI=1S/C30H33FN2O5/c1-21-8-10-23(11-9-21)19-33-20-24(32(3)29(33)36)16-17-37-25-14-12-22(13-15-25)18-30(2,28(34)35)38-27-7-5-4-6-26(27)31/h4-15,24H,16-20H2,1-3H3,(H,34,35). The van der Waals surface area contributed by atoms with Gasteiger partial charge in [-0.15, -0.1) is 0 Å². The van der Waals surface area contributed by atoms with Gasteiger partial charge < -0.3 is 24.4 Å². The molecule has 3 aromatic rings. The Hall–Kier alpha value is -4.07. The van der Waals surface area contributed by atoms with Crippen LogP contribution in [0.1, 0.15) is 30.0 Å².